The minimum atomic E-state index is 0.331. The summed E-state index contributed by atoms with van der Waals surface area (Å²) in [5.74, 6) is 0.615. The lowest BCUT2D eigenvalue weighted by Gasteiger charge is -2.25. The molecule has 1 heterocycles. The smallest absolute Gasteiger partial charge is 0.123 e. The van der Waals surface area contributed by atoms with Crippen molar-refractivity contribution in [2.24, 2.45) is 5.41 Å². The Balaban J connectivity index is 2.36. The first kappa shape index (κ1) is 13.5. The number of hydrogen-bond acceptors (Lipinski definition) is 2. The maximum atomic E-state index is 5.64. The molecule has 1 unspecified atom stereocenters. The van der Waals surface area contributed by atoms with Crippen LogP contribution in [0, 0.1) is 5.41 Å². The number of hydrogen-bond donors (Lipinski definition) is 1. The highest BCUT2D eigenvalue weighted by Gasteiger charge is 2.20. The molecular formula is C13H21BrN2. The topological polar surface area (TPSA) is 38.9 Å². The summed E-state index contributed by atoms with van der Waals surface area (Å²) < 4.78 is 0. The summed E-state index contributed by atoms with van der Waals surface area (Å²) in [6.45, 7) is 6.78. The second-order valence-corrected chi connectivity index (χ2v) is 6.42. The fourth-order valence-corrected chi connectivity index (χ4v) is 1.89. The van der Waals surface area contributed by atoms with E-state index in [4.69, 9.17) is 5.73 Å². The van der Waals surface area contributed by atoms with E-state index in [-0.39, 0.29) is 0 Å². The van der Waals surface area contributed by atoms with Crippen LogP contribution in [-0.2, 0) is 6.42 Å². The van der Waals surface area contributed by atoms with Crippen molar-refractivity contribution in [2.75, 3.05) is 5.73 Å². The molecule has 0 saturated heterocycles. The molecule has 2 nitrogen and oxygen atoms in total. The molecule has 0 radical (unpaired) electrons. The molecule has 2 N–H and O–H groups in total. The van der Waals surface area contributed by atoms with Gasteiger partial charge in [-0.25, -0.2) is 4.98 Å². The summed E-state index contributed by atoms with van der Waals surface area (Å²) >= 11 is 3.75. The molecule has 0 spiro atoms. The van der Waals surface area contributed by atoms with Gasteiger partial charge in [0.25, 0.3) is 0 Å². The predicted octanol–water partition coefficient (Wildman–Crippen LogP) is 3.80. The molecule has 1 atom stereocenters. The van der Waals surface area contributed by atoms with E-state index in [9.17, 15) is 0 Å². The molecule has 0 aliphatic carbocycles. The van der Waals surface area contributed by atoms with Crippen molar-refractivity contribution in [1.29, 1.82) is 0 Å². The van der Waals surface area contributed by atoms with E-state index in [0.717, 1.165) is 6.42 Å². The summed E-state index contributed by atoms with van der Waals surface area (Å²) in [6.07, 6.45) is 5.22. The van der Waals surface area contributed by atoms with Crippen molar-refractivity contribution < 1.29 is 0 Å². The number of rotatable bonds is 4. The molecule has 1 rings (SSSR count). The van der Waals surface area contributed by atoms with E-state index in [1.54, 1.807) is 6.20 Å². The van der Waals surface area contributed by atoms with Crippen molar-refractivity contribution in [3.63, 3.8) is 0 Å². The zero-order chi connectivity index (χ0) is 12.2. The van der Waals surface area contributed by atoms with Gasteiger partial charge in [-0.3, -0.25) is 0 Å². The lowest BCUT2D eigenvalue weighted by Crippen LogP contribution is -2.20. The van der Waals surface area contributed by atoms with Crippen molar-refractivity contribution in [2.45, 2.75) is 44.9 Å². The van der Waals surface area contributed by atoms with Crippen molar-refractivity contribution in [3.05, 3.63) is 23.9 Å². The molecule has 0 amide bonds. The molecule has 0 saturated carbocycles. The molecule has 90 valence electrons. The third kappa shape index (κ3) is 4.52. The number of aryl methyl sites for hydroxylation is 1. The fraction of sp³-hybridized carbons (Fsp3) is 0.615. The Morgan fingerprint density at radius 3 is 2.69 bits per heavy atom. The van der Waals surface area contributed by atoms with Gasteiger partial charge in [-0.15, -0.1) is 0 Å². The van der Waals surface area contributed by atoms with Crippen molar-refractivity contribution in [1.82, 2.24) is 4.98 Å². The van der Waals surface area contributed by atoms with Gasteiger partial charge >= 0.3 is 0 Å². The van der Waals surface area contributed by atoms with Crippen LogP contribution in [0.4, 0.5) is 5.82 Å². The highest BCUT2D eigenvalue weighted by atomic mass is 79.9. The van der Waals surface area contributed by atoms with E-state index < -0.39 is 0 Å². The van der Waals surface area contributed by atoms with Gasteiger partial charge in [0.15, 0.2) is 0 Å². The monoisotopic (exact) mass is 284 g/mol. The molecule has 1 aromatic heterocycles. The Morgan fingerprint density at radius 2 is 2.12 bits per heavy atom. The summed E-state index contributed by atoms with van der Waals surface area (Å²) in [5, 5.41) is 0. The second-order valence-electron chi connectivity index (χ2n) is 5.31. The zero-order valence-corrected chi connectivity index (χ0v) is 11.9. The van der Waals surface area contributed by atoms with Gasteiger partial charge in [-0.2, -0.15) is 0 Å². The SMILES string of the molecule is CC(C)(C)C(Br)CCCc1ccnc(N)c1. The Labute approximate surface area is 107 Å². The first-order valence-corrected chi connectivity index (χ1v) is 6.65. The molecule has 3 heteroatoms. The molecule has 1 aromatic rings. The van der Waals surface area contributed by atoms with Crippen LogP contribution < -0.4 is 5.73 Å². The molecule has 0 aromatic carbocycles. The van der Waals surface area contributed by atoms with Crippen LogP contribution in [0.2, 0.25) is 0 Å². The number of nitrogens with zero attached hydrogens (tertiary/aromatic N) is 1. The standard InChI is InChI=1S/C13H21BrN2/c1-13(2,3)11(14)6-4-5-10-7-8-16-12(15)9-10/h7-9,11H,4-6H2,1-3H3,(H2,15,16). The van der Waals surface area contributed by atoms with Crippen LogP contribution in [0.3, 0.4) is 0 Å². The summed E-state index contributed by atoms with van der Waals surface area (Å²) in [5.41, 5.74) is 7.25. The number of anilines is 1. The maximum absolute atomic E-state index is 5.64. The fourth-order valence-electron chi connectivity index (χ4n) is 1.57. The molecule has 0 aliphatic heterocycles. The maximum Gasteiger partial charge on any atom is 0.123 e. The van der Waals surface area contributed by atoms with Crippen LogP contribution in [0.5, 0.6) is 0 Å². The van der Waals surface area contributed by atoms with Gasteiger partial charge < -0.3 is 5.73 Å². The first-order chi connectivity index (χ1) is 7.39. The van der Waals surface area contributed by atoms with Gasteiger partial charge in [-0.1, -0.05) is 36.7 Å². The molecular weight excluding hydrogens is 264 g/mol. The number of nitrogens with two attached hydrogens (primary N) is 1. The second kappa shape index (κ2) is 5.67. The van der Waals surface area contributed by atoms with E-state index in [2.05, 4.69) is 41.7 Å². The Bertz CT molecular complexity index is 331. The van der Waals surface area contributed by atoms with Gasteiger partial charge in [0, 0.05) is 11.0 Å². The summed E-state index contributed by atoms with van der Waals surface area (Å²) in [6, 6.07) is 4.00. The molecule has 16 heavy (non-hydrogen) atoms. The van der Waals surface area contributed by atoms with Crippen LogP contribution in [0.25, 0.3) is 0 Å². The number of aromatic nitrogens is 1. The van der Waals surface area contributed by atoms with E-state index in [0.29, 0.717) is 16.1 Å². The average Bonchev–Trinajstić information content (AvgIpc) is 2.16. The van der Waals surface area contributed by atoms with E-state index in [1.807, 2.05) is 12.1 Å². The average molecular weight is 285 g/mol. The van der Waals surface area contributed by atoms with Crippen LogP contribution in [0.15, 0.2) is 18.3 Å². The number of halogens is 1. The van der Waals surface area contributed by atoms with Gasteiger partial charge in [0.2, 0.25) is 0 Å². The van der Waals surface area contributed by atoms with Crippen LogP contribution in [-0.4, -0.2) is 9.81 Å². The summed E-state index contributed by atoms with van der Waals surface area (Å²) in [4.78, 5) is 4.56. The molecule has 0 aliphatic rings. The highest BCUT2D eigenvalue weighted by molar-refractivity contribution is 9.09. The zero-order valence-electron chi connectivity index (χ0n) is 10.3. The molecule has 0 bridgehead atoms. The number of pyridine rings is 1. The lowest BCUT2D eigenvalue weighted by molar-refractivity contribution is 0.380. The van der Waals surface area contributed by atoms with Crippen LogP contribution >= 0.6 is 15.9 Å². The van der Waals surface area contributed by atoms with Crippen molar-refractivity contribution in [3.8, 4) is 0 Å². The Morgan fingerprint density at radius 1 is 1.44 bits per heavy atom. The normalized spacial score (nSPS) is 13.8. The van der Waals surface area contributed by atoms with Gasteiger partial charge in [-0.05, 0) is 42.4 Å². The quantitative estimate of drug-likeness (QED) is 0.855. The Hall–Kier alpha value is -0.570. The van der Waals surface area contributed by atoms with Crippen molar-refractivity contribution >= 4 is 21.7 Å². The predicted molar refractivity (Wildman–Crippen MR) is 73.8 cm³/mol. The first-order valence-electron chi connectivity index (χ1n) is 5.74. The summed E-state index contributed by atoms with van der Waals surface area (Å²) in [7, 11) is 0. The Kier molecular flexibility index (Phi) is 4.78. The highest BCUT2D eigenvalue weighted by Crippen LogP contribution is 2.29. The molecule has 0 fully saturated rings. The number of nitrogen functional groups attached to an aromatic ring is 1. The van der Waals surface area contributed by atoms with E-state index in [1.165, 1.54) is 18.4 Å². The third-order valence-corrected chi connectivity index (χ3v) is 4.54. The number of alkyl halides is 1. The van der Waals surface area contributed by atoms with Crippen LogP contribution in [0.1, 0.15) is 39.2 Å². The van der Waals surface area contributed by atoms with Gasteiger partial charge in [0.1, 0.15) is 5.82 Å². The largest absolute Gasteiger partial charge is 0.384 e. The minimum absolute atomic E-state index is 0.331. The third-order valence-electron chi connectivity index (χ3n) is 2.71. The minimum Gasteiger partial charge on any atom is -0.384 e. The van der Waals surface area contributed by atoms with Gasteiger partial charge in [0.05, 0.1) is 0 Å². The van der Waals surface area contributed by atoms with E-state index >= 15 is 0 Å². The lowest BCUT2D eigenvalue weighted by atomic mass is 9.89.